The van der Waals surface area contributed by atoms with Gasteiger partial charge in [0.2, 0.25) is 0 Å². The molecule has 3 heterocycles. The highest BCUT2D eigenvalue weighted by Crippen LogP contribution is 2.51. The molecular formula is C21H30N4OS2. The lowest BCUT2D eigenvalue weighted by Gasteiger charge is -2.45. The average Bonchev–Trinajstić information content (AvgIpc) is 3.17. The molecule has 0 aliphatic carbocycles. The fourth-order valence-electron chi connectivity index (χ4n) is 4.40. The minimum Gasteiger partial charge on any atom is -0.353 e. The molecule has 2 fully saturated rings. The Morgan fingerprint density at radius 1 is 1.11 bits per heavy atom. The Labute approximate surface area is 176 Å². The Balaban J connectivity index is 1.51. The number of anilines is 1. The zero-order valence-corrected chi connectivity index (χ0v) is 18.9. The normalized spacial score (nSPS) is 25.8. The number of thioether (sulfide) groups is 1. The molecule has 1 aromatic heterocycles. The van der Waals surface area contributed by atoms with Gasteiger partial charge in [-0.3, -0.25) is 9.80 Å². The predicted octanol–water partition coefficient (Wildman–Crippen LogP) is 4.59. The van der Waals surface area contributed by atoms with Gasteiger partial charge in [0.15, 0.2) is 0 Å². The summed E-state index contributed by atoms with van der Waals surface area (Å²) in [5.41, 5.74) is 0. The van der Waals surface area contributed by atoms with Gasteiger partial charge in [-0.25, -0.2) is 5.01 Å². The van der Waals surface area contributed by atoms with Crippen LogP contribution in [0.3, 0.4) is 0 Å². The summed E-state index contributed by atoms with van der Waals surface area (Å²) >= 11 is 3.40. The lowest BCUT2D eigenvalue weighted by Crippen LogP contribution is -2.60. The topological polar surface area (TPSA) is 39.7 Å². The van der Waals surface area contributed by atoms with E-state index in [1.54, 1.807) is 11.5 Å². The van der Waals surface area contributed by atoms with Crippen LogP contribution in [0, 0.1) is 0 Å². The van der Waals surface area contributed by atoms with E-state index in [-0.39, 0.29) is 15.5 Å². The maximum atomic E-state index is 13.2. The number of unbranched alkanes of at least 4 members (excludes halogenated alkanes) is 1. The second-order valence-electron chi connectivity index (χ2n) is 8.45. The Morgan fingerprint density at radius 2 is 1.82 bits per heavy atom. The van der Waals surface area contributed by atoms with E-state index in [0.717, 1.165) is 51.3 Å². The predicted molar refractivity (Wildman–Crippen MR) is 120 cm³/mol. The number of fused-ring (bicyclic) bond motifs is 1. The summed E-state index contributed by atoms with van der Waals surface area (Å²) in [6, 6.07) is 8.44. The molecule has 0 saturated carbocycles. The van der Waals surface area contributed by atoms with Crippen LogP contribution in [0.5, 0.6) is 0 Å². The van der Waals surface area contributed by atoms with Crippen LogP contribution >= 0.6 is 23.3 Å². The second kappa shape index (κ2) is 7.50. The van der Waals surface area contributed by atoms with Crippen LogP contribution in [0.2, 0.25) is 0 Å². The molecule has 1 atom stereocenters. The van der Waals surface area contributed by atoms with E-state index in [2.05, 4.69) is 66.9 Å². The van der Waals surface area contributed by atoms with Crippen LogP contribution in [0.15, 0.2) is 24.3 Å². The summed E-state index contributed by atoms with van der Waals surface area (Å²) in [5, 5.41) is 5.64. The smallest absolute Gasteiger partial charge is 0.253 e. The number of benzene rings is 1. The number of amides is 1. The van der Waals surface area contributed by atoms with Gasteiger partial charge in [-0.05, 0) is 50.9 Å². The van der Waals surface area contributed by atoms with E-state index in [1.807, 2.05) is 11.8 Å². The number of carbonyl (C=O) groups excluding carboxylic acids is 1. The molecule has 7 heteroatoms. The number of aromatic nitrogens is 1. The van der Waals surface area contributed by atoms with Gasteiger partial charge >= 0.3 is 0 Å². The molecule has 0 radical (unpaired) electrons. The minimum absolute atomic E-state index is 0.147. The largest absolute Gasteiger partial charge is 0.353 e. The highest BCUT2D eigenvalue weighted by atomic mass is 32.2. The lowest BCUT2D eigenvalue weighted by molar-refractivity contribution is -0.157. The highest BCUT2D eigenvalue weighted by molar-refractivity contribution is 8.03. The summed E-state index contributed by atoms with van der Waals surface area (Å²) < 4.78 is 5.59. The van der Waals surface area contributed by atoms with Crippen molar-refractivity contribution in [1.82, 2.24) is 14.4 Å². The van der Waals surface area contributed by atoms with Crippen molar-refractivity contribution < 1.29 is 4.79 Å². The van der Waals surface area contributed by atoms with E-state index in [9.17, 15) is 4.79 Å². The fourth-order valence-corrected chi connectivity index (χ4v) is 7.00. The summed E-state index contributed by atoms with van der Waals surface area (Å²) in [5.74, 6) is 1.35. The van der Waals surface area contributed by atoms with Crippen LogP contribution in [0.25, 0.3) is 10.1 Å². The first-order chi connectivity index (χ1) is 13.4. The Bertz CT molecular complexity index is 859. The number of hydrazine groups is 1. The first kappa shape index (κ1) is 20.0. The second-order valence-corrected chi connectivity index (χ2v) is 11.4. The molecular weight excluding hydrogens is 388 g/mol. The molecule has 0 bridgehead atoms. The van der Waals surface area contributed by atoms with Crippen LogP contribution in [0.1, 0.15) is 47.0 Å². The number of hydrogen-bond donors (Lipinski definition) is 0. The SMILES string of the molecule is CCCCC1(C)SC(C)(C)C(=O)N1N1CCN(c2nsc3ccccc23)CC1. The van der Waals surface area contributed by atoms with E-state index >= 15 is 0 Å². The van der Waals surface area contributed by atoms with Gasteiger partial charge in [0, 0.05) is 31.6 Å². The highest BCUT2D eigenvalue weighted by Gasteiger charge is 2.55. The molecule has 1 amide bonds. The summed E-state index contributed by atoms with van der Waals surface area (Å²) in [6.45, 7) is 12.1. The fraction of sp³-hybridized carbons (Fsp3) is 0.619. The van der Waals surface area contributed by atoms with Crippen LogP contribution < -0.4 is 4.90 Å². The average molecular weight is 419 g/mol. The molecule has 152 valence electrons. The van der Waals surface area contributed by atoms with Gasteiger partial charge in [0.1, 0.15) is 10.7 Å². The maximum absolute atomic E-state index is 13.2. The van der Waals surface area contributed by atoms with Crippen LogP contribution in [-0.2, 0) is 4.79 Å². The number of rotatable bonds is 5. The van der Waals surface area contributed by atoms with Crippen molar-refractivity contribution in [2.75, 3.05) is 31.1 Å². The number of carbonyl (C=O) groups is 1. The quantitative estimate of drug-likeness (QED) is 0.710. The van der Waals surface area contributed by atoms with Gasteiger partial charge in [-0.1, -0.05) is 31.9 Å². The molecule has 2 saturated heterocycles. The van der Waals surface area contributed by atoms with Gasteiger partial charge < -0.3 is 4.90 Å². The van der Waals surface area contributed by atoms with E-state index in [4.69, 9.17) is 4.37 Å². The van der Waals surface area contributed by atoms with E-state index < -0.39 is 0 Å². The summed E-state index contributed by atoms with van der Waals surface area (Å²) in [6.07, 6.45) is 3.34. The number of piperazine rings is 1. The Hall–Kier alpha value is -1.31. The van der Waals surface area contributed by atoms with Crippen LogP contribution in [0.4, 0.5) is 5.82 Å². The molecule has 2 aliphatic rings. The molecule has 1 unspecified atom stereocenters. The first-order valence-electron chi connectivity index (χ1n) is 10.2. The van der Waals surface area contributed by atoms with Crippen molar-refractivity contribution in [3.8, 4) is 0 Å². The standard InChI is InChI=1S/C21H30N4OS2/c1-5-6-11-21(4)25(19(26)20(2,3)28-21)24-14-12-23(13-15-24)18-16-9-7-8-10-17(16)27-22-18/h7-10H,5-6,11-15H2,1-4H3. The first-order valence-corrected chi connectivity index (χ1v) is 11.8. The molecule has 0 spiro atoms. The summed E-state index contributed by atoms with van der Waals surface area (Å²) in [4.78, 5) is 15.5. The van der Waals surface area contributed by atoms with Gasteiger partial charge in [-0.15, -0.1) is 11.8 Å². The number of nitrogens with zero attached hydrogens (tertiary/aromatic N) is 4. The van der Waals surface area contributed by atoms with Crippen molar-refractivity contribution in [3.63, 3.8) is 0 Å². The third-order valence-corrected chi connectivity index (χ3v) is 8.14. The molecule has 0 N–H and O–H groups in total. The van der Waals surface area contributed by atoms with Gasteiger partial charge in [-0.2, -0.15) is 4.37 Å². The summed E-state index contributed by atoms with van der Waals surface area (Å²) in [7, 11) is 0. The zero-order valence-electron chi connectivity index (χ0n) is 17.3. The minimum atomic E-state index is -0.356. The monoisotopic (exact) mass is 418 g/mol. The molecule has 2 aromatic rings. The molecule has 5 nitrogen and oxygen atoms in total. The third kappa shape index (κ3) is 3.42. The van der Waals surface area contributed by atoms with Crippen molar-refractivity contribution in [2.45, 2.75) is 56.6 Å². The maximum Gasteiger partial charge on any atom is 0.253 e. The van der Waals surface area contributed by atoms with Crippen molar-refractivity contribution in [1.29, 1.82) is 0 Å². The molecule has 28 heavy (non-hydrogen) atoms. The van der Waals surface area contributed by atoms with E-state index in [1.165, 1.54) is 10.1 Å². The van der Waals surface area contributed by atoms with Crippen LogP contribution in [-0.4, -0.2) is 56.1 Å². The van der Waals surface area contributed by atoms with Gasteiger partial charge in [0.25, 0.3) is 5.91 Å². The van der Waals surface area contributed by atoms with Gasteiger partial charge in [0.05, 0.1) is 9.45 Å². The van der Waals surface area contributed by atoms with Crippen molar-refractivity contribution in [3.05, 3.63) is 24.3 Å². The molecule has 4 rings (SSSR count). The zero-order chi connectivity index (χ0) is 19.9. The molecule has 1 aromatic carbocycles. The Kier molecular flexibility index (Phi) is 5.35. The Morgan fingerprint density at radius 3 is 2.54 bits per heavy atom. The van der Waals surface area contributed by atoms with Crippen molar-refractivity contribution >= 4 is 45.1 Å². The van der Waals surface area contributed by atoms with Crippen molar-refractivity contribution in [2.24, 2.45) is 0 Å². The molecule has 2 aliphatic heterocycles. The lowest BCUT2D eigenvalue weighted by atomic mass is 10.1. The third-order valence-electron chi connectivity index (χ3n) is 5.82. The number of hydrogen-bond acceptors (Lipinski definition) is 6. The van der Waals surface area contributed by atoms with E-state index in [0.29, 0.717) is 0 Å².